The zero-order chi connectivity index (χ0) is 39.6. The summed E-state index contributed by atoms with van der Waals surface area (Å²) >= 11 is 0. The normalized spacial score (nSPS) is 11.7. The summed E-state index contributed by atoms with van der Waals surface area (Å²) < 4.78 is 4.72. The molecule has 0 fully saturated rings. The Morgan fingerprint density at radius 2 is 0.733 bits per heavy atom. The minimum Gasteiger partial charge on any atom is -0.309 e. The quantitative estimate of drug-likeness (QED) is 0.165. The molecule has 0 radical (unpaired) electrons. The molecule has 3 heterocycles. The molecular weight excluding hydrogens is 727 g/mol. The Balaban J connectivity index is 0.987. The van der Waals surface area contributed by atoms with Gasteiger partial charge in [0.05, 0.1) is 27.6 Å². The molecule has 12 rings (SSSR count). The fraction of sp³-hybridized carbons (Fsp3) is 0. The number of hydrogen-bond donors (Lipinski definition) is 0. The standard InChI is InChI=1S/C57H37N3/c1-4-14-38(15-5-1)44-28-31-48-51-35-43(30-33-55(51)60(56(48)36-44)57-37-49(41-16-6-2-7-17-41)46-20-10-12-22-52(46)58-57)40-26-24-39(25-27-40)42-29-32-54-50(34-42)47-21-11-13-23-53(47)59(54)45-18-8-3-9-19-45/h1-37H. The molecule has 12 aromatic rings. The average Bonchev–Trinajstić information content (AvgIpc) is 3.84. The summed E-state index contributed by atoms with van der Waals surface area (Å²) in [7, 11) is 0. The highest BCUT2D eigenvalue weighted by atomic mass is 15.1. The van der Waals surface area contributed by atoms with Crippen molar-refractivity contribution < 1.29 is 0 Å². The summed E-state index contributed by atoms with van der Waals surface area (Å²) in [6.07, 6.45) is 0. The Morgan fingerprint density at radius 1 is 0.267 bits per heavy atom. The number of fused-ring (bicyclic) bond motifs is 7. The summed E-state index contributed by atoms with van der Waals surface area (Å²) in [5, 5.41) is 6.05. The Kier molecular flexibility index (Phi) is 7.85. The molecule has 0 N–H and O–H groups in total. The maximum absolute atomic E-state index is 5.34. The van der Waals surface area contributed by atoms with Crippen LogP contribution in [0.15, 0.2) is 224 Å². The number of hydrogen-bond acceptors (Lipinski definition) is 1. The van der Waals surface area contributed by atoms with E-state index in [9.17, 15) is 0 Å². The molecule has 3 nitrogen and oxygen atoms in total. The first-order chi connectivity index (χ1) is 29.7. The third kappa shape index (κ3) is 5.55. The van der Waals surface area contributed by atoms with Crippen molar-refractivity contribution >= 4 is 54.5 Å². The van der Waals surface area contributed by atoms with E-state index in [1.165, 1.54) is 82.8 Å². The lowest BCUT2D eigenvalue weighted by Crippen LogP contribution is -1.99. The molecule has 3 aromatic heterocycles. The van der Waals surface area contributed by atoms with Gasteiger partial charge in [0.15, 0.2) is 0 Å². The van der Waals surface area contributed by atoms with Gasteiger partial charge in [-0.2, -0.15) is 0 Å². The fourth-order valence-corrected chi connectivity index (χ4v) is 9.25. The minimum absolute atomic E-state index is 0.902. The van der Waals surface area contributed by atoms with Gasteiger partial charge in [-0.25, -0.2) is 4.98 Å². The highest BCUT2D eigenvalue weighted by Crippen LogP contribution is 2.40. The lowest BCUT2D eigenvalue weighted by Gasteiger charge is -2.13. The van der Waals surface area contributed by atoms with E-state index < -0.39 is 0 Å². The van der Waals surface area contributed by atoms with Crippen molar-refractivity contribution in [1.82, 2.24) is 14.1 Å². The average molecular weight is 764 g/mol. The molecule has 0 unspecified atom stereocenters. The van der Waals surface area contributed by atoms with Gasteiger partial charge in [0, 0.05) is 32.6 Å². The summed E-state index contributed by atoms with van der Waals surface area (Å²) in [4.78, 5) is 5.34. The van der Waals surface area contributed by atoms with Crippen molar-refractivity contribution in [2.45, 2.75) is 0 Å². The monoisotopic (exact) mass is 763 g/mol. The van der Waals surface area contributed by atoms with Crippen molar-refractivity contribution in [3.8, 4) is 56.0 Å². The van der Waals surface area contributed by atoms with Gasteiger partial charge in [-0.1, -0.05) is 164 Å². The molecule has 0 aliphatic carbocycles. The Bertz CT molecular complexity index is 3560. The Labute approximate surface area is 347 Å². The SMILES string of the molecule is c1ccc(-c2ccc3c4cc(-c5ccc(-c6ccc7c(c6)c6ccccc6n7-c6ccccc6)cc5)ccc4n(-c4cc(-c5ccccc5)c5ccccc5n4)c3c2)cc1. The molecular formula is C57H37N3. The van der Waals surface area contributed by atoms with Crippen LogP contribution < -0.4 is 0 Å². The first-order valence-electron chi connectivity index (χ1n) is 20.5. The van der Waals surface area contributed by atoms with Crippen LogP contribution in [0.1, 0.15) is 0 Å². The largest absolute Gasteiger partial charge is 0.309 e. The Hall–Kier alpha value is -8.01. The maximum Gasteiger partial charge on any atom is 0.138 e. The van der Waals surface area contributed by atoms with E-state index >= 15 is 0 Å². The molecule has 9 aromatic carbocycles. The number of para-hydroxylation sites is 3. The second-order valence-electron chi connectivity index (χ2n) is 15.6. The van der Waals surface area contributed by atoms with Crippen LogP contribution >= 0.6 is 0 Å². The predicted octanol–water partition coefficient (Wildman–Crippen LogP) is 15.1. The van der Waals surface area contributed by atoms with Crippen LogP contribution in [-0.2, 0) is 0 Å². The molecule has 280 valence electrons. The Morgan fingerprint density at radius 3 is 1.42 bits per heavy atom. The highest BCUT2D eigenvalue weighted by Gasteiger charge is 2.18. The van der Waals surface area contributed by atoms with Gasteiger partial charge in [0.2, 0.25) is 0 Å². The third-order valence-corrected chi connectivity index (χ3v) is 12.1. The first-order valence-corrected chi connectivity index (χ1v) is 20.5. The summed E-state index contributed by atoms with van der Waals surface area (Å²) in [5.41, 5.74) is 16.3. The van der Waals surface area contributed by atoms with Crippen LogP contribution in [0.5, 0.6) is 0 Å². The van der Waals surface area contributed by atoms with E-state index in [1.54, 1.807) is 0 Å². The lowest BCUT2D eigenvalue weighted by molar-refractivity contribution is 1.10. The third-order valence-electron chi connectivity index (χ3n) is 12.1. The van der Waals surface area contributed by atoms with Gasteiger partial charge in [-0.15, -0.1) is 0 Å². The van der Waals surface area contributed by atoms with Gasteiger partial charge in [0.25, 0.3) is 0 Å². The van der Waals surface area contributed by atoms with Crippen molar-refractivity contribution in [3.63, 3.8) is 0 Å². The van der Waals surface area contributed by atoms with Gasteiger partial charge in [-0.05, 0) is 105 Å². The van der Waals surface area contributed by atoms with Crippen molar-refractivity contribution in [3.05, 3.63) is 224 Å². The molecule has 0 spiro atoms. The molecule has 0 atom stereocenters. The summed E-state index contributed by atoms with van der Waals surface area (Å²) in [6, 6.07) is 81.0. The number of aromatic nitrogens is 3. The highest BCUT2D eigenvalue weighted by molar-refractivity contribution is 6.12. The zero-order valence-electron chi connectivity index (χ0n) is 32.7. The van der Waals surface area contributed by atoms with Crippen LogP contribution in [-0.4, -0.2) is 14.1 Å². The van der Waals surface area contributed by atoms with Gasteiger partial charge in [-0.3, -0.25) is 4.57 Å². The molecule has 0 bridgehead atoms. The van der Waals surface area contributed by atoms with E-state index in [0.29, 0.717) is 0 Å². The van der Waals surface area contributed by atoms with Crippen LogP contribution in [0, 0.1) is 0 Å². The fourth-order valence-electron chi connectivity index (χ4n) is 9.25. The molecule has 0 aliphatic heterocycles. The second-order valence-corrected chi connectivity index (χ2v) is 15.6. The molecule has 0 amide bonds. The van der Waals surface area contributed by atoms with E-state index in [0.717, 1.165) is 27.8 Å². The topological polar surface area (TPSA) is 22.8 Å². The second kappa shape index (κ2) is 13.8. The predicted molar refractivity (Wildman–Crippen MR) is 252 cm³/mol. The molecule has 0 saturated heterocycles. The van der Waals surface area contributed by atoms with Crippen LogP contribution in [0.3, 0.4) is 0 Å². The lowest BCUT2D eigenvalue weighted by atomic mass is 9.98. The van der Waals surface area contributed by atoms with E-state index in [1.807, 2.05) is 0 Å². The van der Waals surface area contributed by atoms with Gasteiger partial charge >= 0.3 is 0 Å². The van der Waals surface area contributed by atoms with E-state index in [-0.39, 0.29) is 0 Å². The van der Waals surface area contributed by atoms with E-state index in [2.05, 4.69) is 234 Å². The number of nitrogens with zero attached hydrogens (tertiary/aromatic N) is 3. The maximum atomic E-state index is 5.34. The molecule has 0 aliphatic rings. The first kappa shape index (κ1) is 34.1. The van der Waals surface area contributed by atoms with Crippen molar-refractivity contribution in [1.29, 1.82) is 0 Å². The minimum atomic E-state index is 0.902. The van der Waals surface area contributed by atoms with Crippen LogP contribution in [0.2, 0.25) is 0 Å². The summed E-state index contributed by atoms with van der Waals surface area (Å²) in [5.74, 6) is 0.902. The molecule has 3 heteroatoms. The van der Waals surface area contributed by atoms with Crippen LogP contribution in [0.4, 0.5) is 0 Å². The molecule has 60 heavy (non-hydrogen) atoms. The van der Waals surface area contributed by atoms with Gasteiger partial charge < -0.3 is 4.57 Å². The van der Waals surface area contributed by atoms with Crippen LogP contribution in [0.25, 0.3) is 111 Å². The number of rotatable bonds is 6. The number of pyridine rings is 1. The van der Waals surface area contributed by atoms with Crippen molar-refractivity contribution in [2.75, 3.05) is 0 Å². The zero-order valence-corrected chi connectivity index (χ0v) is 32.7. The van der Waals surface area contributed by atoms with Crippen molar-refractivity contribution in [2.24, 2.45) is 0 Å². The summed E-state index contributed by atoms with van der Waals surface area (Å²) in [6.45, 7) is 0. The van der Waals surface area contributed by atoms with Gasteiger partial charge in [0.1, 0.15) is 5.82 Å². The van der Waals surface area contributed by atoms with E-state index in [4.69, 9.17) is 4.98 Å². The smallest absolute Gasteiger partial charge is 0.138 e. The molecule has 0 saturated carbocycles. The number of benzene rings is 9.